The molecule has 6 nitrogen and oxygen atoms in total. The van der Waals surface area contributed by atoms with Gasteiger partial charge in [0.15, 0.2) is 11.0 Å². The van der Waals surface area contributed by atoms with Crippen LogP contribution in [-0.4, -0.2) is 30.9 Å². The maximum atomic E-state index is 13.3. The summed E-state index contributed by atoms with van der Waals surface area (Å²) in [5.41, 5.74) is 4.41. The van der Waals surface area contributed by atoms with Crippen molar-refractivity contribution in [2.24, 2.45) is 0 Å². The molecule has 33 heavy (non-hydrogen) atoms. The molecule has 0 radical (unpaired) electrons. The number of hydrogen-bond acceptors (Lipinski definition) is 5. The van der Waals surface area contributed by atoms with Crippen LogP contribution >= 0.6 is 23.4 Å². The van der Waals surface area contributed by atoms with E-state index in [1.165, 1.54) is 29.5 Å². The third-order valence-electron chi connectivity index (χ3n) is 5.16. The van der Waals surface area contributed by atoms with Gasteiger partial charge in [-0.25, -0.2) is 4.39 Å². The molecule has 0 aliphatic heterocycles. The molecule has 1 N–H and O–H groups in total. The van der Waals surface area contributed by atoms with Gasteiger partial charge in [0.1, 0.15) is 5.82 Å². The summed E-state index contributed by atoms with van der Waals surface area (Å²) in [7, 11) is 0. The summed E-state index contributed by atoms with van der Waals surface area (Å²) in [6.45, 7) is 5.87. The third-order valence-corrected chi connectivity index (χ3v) is 6.52. The molecule has 168 valence electrons. The second-order valence-corrected chi connectivity index (χ2v) is 9.23. The van der Waals surface area contributed by atoms with Gasteiger partial charge in [-0.3, -0.25) is 14.3 Å². The van der Waals surface area contributed by atoms with E-state index in [1.54, 1.807) is 19.3 Å². The summed E-state index contributed by atoms with van der Waals surface area (Å²) >= 11 is 7.32. The van der Waals surface area contributed by atoms with Crippen LogP contribution in [0, 0.1) is 19.7 Å². The van der Waals surface area contributed by atoms with Crippen LogP contribution in [0.2, 0.25) is 5.02 Å². The summed E-state index contributed by atoms with van der Waals surface area (Å²) in [6, 6.07) is 13.7. The first-order valence-electron chi connectivity index (χ1n) is 10.2. The molecule has 4 rings (SSSR count). The molecule has 0 fully saturated rings. The highest BCUT2D eigenvalue weighted by Gasteiger charge is 2.22. The third kappa shape index (κ3) is 5.07. The van der Waals surface area contributed by atoms with E-state index in [2.05, 4.69) is 33.5 Å². The van der Waals surface area contributed by atoms with Crippen LogP contribution in [0.5, 0.6) is 0 Å². The van der Waals surface area contributed by atoms with Gasteiger partial charge in [-0.15, -0.1) is 10.2 Å². The number of amides is 1. The molecule has 9 heteroatoms. The Morgan fingerprint density at radius 1 is 1.06 bits per heavy atom. The number of hydrogen-bond donors (Lipinski definition) is 1. The minimum atomic E-state index is -0.522. The van der Waals surface area contributed by atoms with E-state index < -0.39 is 11.1 Å². The maximum absolute atomic E-state index is 13.3. The van der Waals surface area contributed by atoms with Crippen molar-refractivity contribution >= 4 is 35.0 Å². The van der Waals surface area contributed by atoms with Crippen LogP contribution in [0.3, 0.4) is 0 Å². The zero-order valence-electron chi connectivity index (χ0n) is 18.2. The summed E-state index contributed by atoms with van der Waals surface area (Å²) in [5, 5.41) is 11.7. The summed E-state index contributed by atoms with van der Waals surface area (Å²) in [4.78, 5) is 16.9. The lowest BCUT2D eigenvalue weighted by Crippen LogP contribution is -2.23. The lowest BCUT2D eigenvalue weighted by atomic mass is 10.1. The lowest BCUT2D eigenvalue weighted by Gasteiger charge is -2.15. The standard InChI is InChI=1S/C24H21ClFN5OS/c1-14-4-6-19(12-15(14)2)31-22(17-8-10-27-11-9-17)29-30-24(31)33-16(3)23(32)28-21-7-5-18(26)13-20(21)25/h4-13,16H,1-3H3,(H,28,32)/t16-/m0/s1. The number of nitrogens with one attached hydrogen (secondary N) is 1. The largest absolute Gasteiger partial charge is 0.324 e. The Bertz CT molecular complexity index is 1310. The first-order chi connectivity index (χ1) is 15.8. The molecule has 0 aliphatic carbocycles. The molecular weight excluding hydrogens is 461 g/mol. The number of halogens is 2. The number of anilines is 1. The average molecular weight is 482 g/mol. The molecule has 1 amide bonds. The highest BCUT2D eigenvalue weighted by Crippen LogP contribution is 2.31. The van der Waals surface area contributed by atoms with Crippen molar-refractivity contribution < 1.29 is 9.18 Å². The number of aromatic nitrogens is 4. The number of carbonyl (C=O) groups is 1. The van der Waals surface area contributed by atoms with E-state index in [-0.39, 0.29) is 10.9 Å². The predicted molar refractivity (Wildman–Crippen MR) is 129 cm³/mol. The van der Waals surface area contributed by atoms with Gasteiger partial charge in [0.25, 0.3) is 0 Å². The molecule has 0 saturated carbocycles. The Hall–Kier alpha value is -3.23. The van der Waals surface area contributed by atoms with E-state index in [1.807, 2.05) is 35.8 Å². The molecular formula is C24H21ClFN5OS. The average Bonchev–Trinajstić information content (AvgIpc) is 3.21. The van der Waals surface area contributed by atoms with Gasteiger partial charge in [0.05, 0.1) is 21.6 Å². The molecule has 0 unspecified atom stereocenters. The normalized spacial score (nSPS) is 11.9. The Morgan fingerprint density at radius 3 is 2.52 bits per heavy atom. The number of rotatable bonds is 6. The quantitative estimate of drug-likeness (QED) is 0.349. The van der Waals surface area contributed by atoms with Crippen LogP contribution in [-0.2, 0) is 4.79 Å². The number of benzene rings is 2. The monoisotopic (exact) mass is 481 g/mol. The molecule has 1 atom stereocenters. The number of aryl methyl sites for hydroxylation is 2. The maximum Gasteiger partial charge on any atom is 0.237 e. The fraction of sp³-hybridized carbons (Fsp3) is 0.167. The zero-order chi connectivity index (χ0) is 23.5. The zero-order valence-corrected chi connectivity index (χ0v) is 19.8. The SMILES string of the molecule is Cc1ccc(-n2c(S[C@@H](C)C(=O)Nc3ccc(F)cc3Cl)nnc2-c2ccncc2)cc1C. The molecule has 0 aliphatic rings. The number of nitrogens with zero attached hydrogens (tertiary/aromatic N) is 4. The Morgan fingerprint density at radius 2 is 1.82 bits per heavy atom. The Balaban J connectivity index is 1.66. The van der Waals surface area contributed by atoms with Crippen molar-refractivity contribution in [3.63, 3.8) is 0 Å². The van der Waals surface area contributed by atoms with E-state index in [4.69, 9.17) is 11.6 Å². The topological polar surface area (TPSA) is 72.7 Å². The van der Waals surface area contributed by atoms with Gasteiger partial charge in [-0.1, -0.05) is 29.4 Å². The van der Waals surface area contributed by atoms with E-state index in [9.17, 15) is 9.18 Å². The highest BCUT2D eigenvalue weighted by molar-refractivity contribution is 8.00. The van der Waals surface area contributed by atoms with Gasteiger partial charge in [-0.05, 0) is 74.4 Å². The molecule has 0 spiro atoms. The lowest BCUT2D eigenvalue weighted by molar-refractivity contribution is -0.115. The van der Waals surface area contributed by atoms with Crippen LogP contribution in [0.25, 0.3) is 17.1 Å². The fourth-order valence-electron chi connectivity index (χ4n) is 3.17. The molecule has 2 aromatic carbocycles. The predicted octanol–water partition coefficient (Wildman–Crippen LogP) is 5.86. The van der Waals surface area contributed by atoms with Crippen molar-refractivity contribution in [1.29, 1.82) is 0 Å². The van der Waals surface area contributed by atoms with Gasteiger partial charge in [0.2, 0.25) is 5.91 Å². The van der Waals surface area contributed by atoms with E-state index in [0.717, 1.165) is 22.9 Å². The van der Waals surface area contributed by atoms with Gasteiger partial charge >= 0.3 is 0 Å². The minimum absolute atomic E-state index is 0.138. The Kier molecular flexibility index (Phi) is 6.76. The van der Waals surface area contributed by atoms with E-state index in [0.29, 0.717) is 16.7 Å². The van der Waals surface area contributed by atoms with Gasteiger partial charge in [0, 0.05) is 18.0 Å². The molecule has 2 aromatic heterocycles. The van der Waals surface area contributed by atoms with Crippen LogP contribution < -0.4 is 5.32 Å². The van der Waals surface area contributed by atoms with Crippen LogP contribution in [0.4, 0.5) is 10.1 Å². The van der Waals surface area contributed by atoms with E-state index >= 15 is 0 Å². The van der Waals surface area contributed by atoms with Crippen LogP contribution in [0.15, 0.2) is 66.1 Å². The van der Waals surface area contributed by atoms with Crippen molar-refractivity contribution in [1.82, 2.24) is 19.7 Å². The summed E-state index contributed by atoms with van der Waals surface area (Å²) in [6.07, 6.45) is 3.40. The first kappa shape index (κ1) is 22.9. The van der Waals surface area contributed by atoms with Crippen molar-refractivity contribution in [3.05, 3.63) is 82.9 Å². The van der Waals surface area contributed by atoms with Gasteiger partial charge < -0.3 is 5.32 Å². The molecule has 0 saturated heterocycles. The Labute approximate surface area is 200 Å². The number of pyridine rings is 1. The second kappa shape index (κ2) is 9.72. The smallest absolute Gasteiger partial charge is 0.237 e. The highest BCUT2D eigenvalue weighted by atomic mass is 35.5. The number of carbonyl (C=O) groups excluding carboxylic acids is 1. The fourth-order valence-corrected chi connectivity index (χ4v) is 4.25. The van der Waals surface area contributed by atoms with Crippen molar-refractivity contribution in [2.45, 2.75) is 31.2 Å². The molecule has 4 aromatic rings. The molecule has 0 bridgehead atoms. The second-order valence-electron chi connectivity index (χ2n) is 7.52. The van der Waals surface area contributed by atoms with Gasteiger partial charge in [-0.2, -0.15) is 0 Å². The first-order valence-corrected chi connectivity index (χ1v) is 11.5. The van der Waals surface area contributed by atoms with Crippen molar-refractivity contribution in [2.75, 3.05) is 5.32 Å². The minimum Gasteiger partial charge on any atom is -0.324 e. The number of thioether (sulfide) groups is 1. The van der Waals surface area contributed by atoms with Crippen molar-refractivity contribution in [3.8, 4) is 17.1 Å². The summed E-state index contributed by atoms with van der Waals surface area (Å²) < 4.78 is 15.2. The molecule has 2 heterocycles. The van der Waals surface area contributed by atoms with Crippen LogP contribution in [0.1, 0.15) is 18.1 Å². The summed E-state index contributed by atoms with van der Waals surface area (Å²) in [5.74, 6) is -0.100.